The maximum atomic E-state index is 13.3. The first kappa shape index (κ1) is 13.0. The van der Waals surface area contributed by atoms with Gasteiger partial charge in [-0.1, -0.05) is 25.0 Å². The normalized spacial score (nSPS) is 14.5. The molecule has 2 N–H and O–H groups in total. The molecular formula is C14H19FN2O. The van der Waals surface area contributed by atoms with E-state index in [1.165, 1.54) is 25.3 Å². The highest BCUT2D eigenvalue weighted by Crippen LogP contribution is 2.33. The molecule has 1 aromatic rings. The average molecular weight is 250 g/mol. The van der Waals surface area contributed by atoms with E-state index in [1.54, 1.807) is 18.2 Å². The minimum absolute atomic E-state index is 0.202. The van der Waals surface area contributed by atoms with Crippen LogP contribution in [0.4, 0.5) is 10.1 Å². The molecule has 1 aliphatic carbocycles. The van der Waals surface area contributed by atoms with E-state index < -0.39 is 5.82 Å². The van der Waals surface area contributed by atoms with Crippen LogP contribution in [0.25, 0.3) is 0 Å². The Morgan fingerprint density at radius 2 is 2.11 bits per heavy atom. The van der Waals surface area contributed by atoms with Crippen LogP contribution in [0.1, 0.15) is 25.7 Å². The van der Waals surface area contributed by atoms with Crippen LogP contribution in [-0.4, -0.2) is 19.0 Å². The fourth-order valence-corrected chi connectivity index (χ4v) is 1.88. The van der Waals surface area contributed by atoms with Gasteiger partial charge in [0.15, 0.2) is 0 Å². The summed E-state index contributed by atoms with van der Waals surface area (Å²) in [6.45, 7) is 1.08. The zero-order chi connectivity index (χ0) is 12.8. The van der Waals surface area contributed by atoms with Gasteiger partial charge in [0.1, 0.15) is 5.82 Å². The van der Waals surface area contributed by atoms with Gasteiger partial charge < -0.3 is 10.6 Å². The first-order valence-electron chi connectivity index (χ1n) is 6.51. The summed E-state index contributed by atoms with van der Waals surface area (Å²) in [4.78, 5) is 11.5. The number of para-hydroxylation sites is 1. The molecule has 1 fully saturated rings. The molecule has 98 valence electrons. The summed E-state index contributed by atoms with van der Waals surface area (Å²) >= 11 is 0. The van der Waals surface area contributed by atoms with E-state index in [4.69, 9.17) is 0 Å². The van der Waals surface area contributed by atoms with Gasteiger partial charge in [-0.3, -0.25) is 4.79 Å². The van der Waals surface area contributed by atoms with Gasteiger partial charge in [-0.15, -0.1) is 0 Å². The molecule has 18 heavy (non-hydrogen) atoms. The molecule has 0 bridgehead atoms. The van der Waals surface area contributed by atoms with Crippen molar-refractivity contribution in [3.8, 4) is 0 Å². The topological polar surface area (TPSA) is 41.1 Å². The van der Waals surface area contributed by atoms with Crippen molar-refractivity contribution in [2.45, 2.75) is 25.7 Å². The number of rotatable bonds is 7. The highest BCUT2D eigenvalue weighted by atomic mass is 19.1. The molecule has 4 heteroatoms. The van der Waals surface area contributed by atoms with Crippen LogP contribution >= 0.6 is 0 Å². The molecular weight excluding hydrogens is 231 g/mol. The zero-order valence-corrected chi connectivity index (χ0v) is 10.4. The Bertz CT molecular complexity index is 405. The molecule has 3 nitrogen and oxygen atoms in total. The van der Waals surface area contributed by atoms with E-state index in [0.717, 1.165) is 18.9 Å². The Kier molecular flexibility index (Phi) is 4.70. The number of nitrogens with one attached hydrogen (secondary N) is 2. The predicted octanol–water partition coefficient (Wildman–Crippen LogP) is 2.54. The van der Waals surface area contributed by atoms with Crippen molar-refractivity contribution < 1.29 is 9.18 Å². The number of carbonyl (C=O) groups is 1. The molecule has 0 saturated heterocycles. The fraction of sp³-hybridized carbons (Fsp3) is 0.500. The van der Waals surface area contributed by atoms with Crippen LogP contribution in [0.15, 0.2) is 24.3 Å². The van der Waals surface area contributed by atoms with E-state index in [9.17, 15) is 9.18 Å². The second-order valence-electron chi connectivity index (χ2n) is 4.79. The number of carbonyl (C=O) groups excluding carboxylic acids is 1. The fourth-order valence-electron chi connectivity index (χ4n) is 1.88. The van der Waals surface area contributed by atoms with E-state index in [0.29, 0.717) is 0 Å². The van der Waals surface area contributed by atoms with Crippen LogP contribution in [-0.2, 0) is 4.79 Å². The first-order chi connectivity index (χ1) is 8.75. The van der Waals surface area contributed by atoms with Gasteiger partial charge in [0.25, 0.3) is 0 Å². The van der Waals surface area contributed by atoms with Crippen LogP contribution in [0.3, 0.4) is 0 Å². The number of hydrogen-bond donors (Lipinski definition) is 2. The van der Waals surface area contributed by atoms with Gasteiger partial charge in [-0.2, -0.15) is 0 Å². The smallest absolute Gasteiger partial charge is 0.238 e. The number of benzene rings is 1. The minimum atomic E-state index is -0.403. The van der Waals surface area contributed by atoms with Gasteiger partial charge in [0, 0.05) is 0 Å². The molecule has 0 heterocycles. The zero-order valence-electron chi connectivity index (χ0n) is 10.4. The predicted molar refractivity (Wildman–Crippen MR) is 69.9 cm³/mol. The van der Waals surface area contributed by atoms with Crippen molar-refractivity contribution in [2.24, 2.45) is 5.92 Å². The van der Waals surface area contributed by atoms with Crippen molar-refractivity contribution in [3.05, 3.63) is 30.1 Å². The SMILES string of the molecule is O=C(CNCCCC1CC1)Nc1ccccc1F. The molecule has 0 aromatic heterocycles. The lowest BCUT2D eigenvalue weighted by molar-refractivity contribution is -0.115. The summed E-state index contributed by atoms with van der Waals surface area (Å²) in [5, 5.41) is 5.62. The van der Waals surface area contributed by atoms with Gasteiger partial charge in [-0.25, -0.2) is 4.39 Å². The summed E-state index contributed by atoms with van der Waals surface area (Å²) in [7, 11) is 0. The van der Waals surface area contributed by atoms with Crippen molar-refractivity contribution in [1.82, 2.24) is 5.32 Å². The quantitative estimate of drug-likeness (QED) is 0.730. The highest BCUT2D eigenvalue weighted by Gasteiger charge is 2.19. The lowest BCUT2D eigenvalue weighted by atomic mass is 10.2. The van der Waals surface area contributed by atoms with Crippen LogP contribution in [0.5, 0.6) is 0 Å². The van der Waals surface area contributed by atoms with Gasteiger partial charge >= 0.3 is 0 Å². The standard InChI is InChI=1S/C14H19FN2O/c15-12-5-1-2-6-13(12)17-14(18)10-16-9-3-4-11-7-8-11/h1-2,5-6,11,16H,3-4,7-10H2,(H,17,18). The third-order valence-corrected chi connectivity index (χ3v) is 3.10. The number of anilines is 1. The first-order valence-corrected chi connectivity index (χ1v) is 6.51. The van der Waals surface area contributed by atoms with E-state index >= 15 is 0 Å². The van der Waals surface area contributed by atoms with E-state index in [-0.39, 0.29) is 18.1 Å². The van der Waals surface area contributed by atoms with Crippen LogP contribution in [0.2, 0.25) is 0 Å². The lowest BCUT2D eigenvalue weighted by Crippen LogP contribution is -2.29. The summed E-state index contributed by atoms with van der Waals surface area (Å²) in [5.74, 6) is 0.324. The van der Waals surface area contributed by atoms with Crippen molar-refractivity contribution in [1.29, 1.82) is 0 Å². The van der Waals surface area contributed by atoms with Gasteiger partial charge in [0.05, 0.1) is 12.2 Å². The molecule has 2 rings (SSSR count). The number of amides is 1. The third kappa shape index (κ3) is 4.45. The molecule has 1 aromatic carbocycles. The molecule has 1 saturated carbocycles. The molecule has 1 aliphatic rings. The Morgan fingerprint density at radius 3 is 2.83 bits per heavy atom. The molecule has 1 amide bonds. The second-order valence-corrected chi connectivity index (χ2v) is 4.79. The highest BCUT2D eigenvalue weighted by molar-refractivity contribution is 5.92. The maximum Gasteiger partial charge on any atom is 0.238 e. The number of halogens is 1. The Hall–Kier alpha value is -1.42. The minimum Gasteiger partial charge on any atom is -0.322 e. The largest absolute Gasteiger partial charge is 0.322 e. The summed E-state index contributed by atoms with van der Waals surface area (Å²) in [5.41, 5.74) is 0.238. The molecule has 0 atom stereocenters. The summed E-state index contributed by atoms with van der Waals surface area (Å²) in [6, 6.07) is 6.18. The number of hydrogen-bond acceptors (Lipinski definition) is 2. The molecule has 0 unspecified atom stereocenters. The second kappa shape index (κ2) is 6.50. The van der Waals surface area contributed by atoms with Crippen molar-refractivity contribution in [3.63, 3.8) is 0 Å². The summed E-state index contributed by atoms with van der Waals surface area (Å²) < 4.78 is 13.3. The average Bonchev–Trinajstić information content (AvgIpc) is 3.16. The lowest BCUT2D eigenvalue weighted by Gasteiger charge is -2.07. The van der Waals surface area contributed by atoms with Crippen molar-refractivity contribution in [2.75, 3.05) is 18.4 Å². The van der Waals surface area contributed by atoms with Crippen molar-refractivity contribution >= 4 is 11.6 Å². The van der Waals surface area contributed by atoms with Crippen LogP contribution < -0.4 is 10.6 Å². The monoisotopic (exact) mass is 250 g/mol. The molecule has 0 aliphatic heterocycles. The van der Waals surface area contributed by atoms with Crippen LogP contribution in [0, 0.1) is 11.7 Å². The third-order valence-electron chi connectivity index (χ3n) is 3.10. The summed E-state index contributed by atoms with van der Waals surface area (Å²) in [6.07, 6.45) is 5.10. The van der Waals surface area contributed by atoms with E-state index in [2.05, 4.69) is 10.6 Å². The van der Waals surface area contributed by atoms with E-state index in [1.807, 2.05) is 0 Å². The molecule has 0 radical (unpaired) electrons. The molecule has 0 spiro atoms. The van der Waals surface area contributed by atoms with Gasteiger partial charge in [-0.05, 0) is 37.4 Å². The maximum absolute atomic E-state index is 13.3. The Morgan fingerprint density at radius 1 is 1.33 bits per heavy atom. The Labute approximate surface area is 107 Å². The Balaban J connectivity index is 1.60. The van der Waals surface area contributed by atoms with Gasteiger partial charge in [0.2, 0.25) is 5.91 Å².